The van der Waals surface area contributed by atoms with E-state index in [0.29, 0.717) is 36.7 Å². The van der Waals surface area contributed by atoms with Gasteiger partial charge in [0.05, 0.1) is 22.8 Å². The van der Waals surface area contributed by atoms with Crippen LogP contribution in [0.3, 0.4) is 0 Å². The Morgan fingerprint density at radius 3 is 2.62 bits per heavy atom. The second kappa shape index (κ2) is 12.5. The summed E-state index contributed by atoms with van der Waals surface area (Å²) in [6.07, 6.45) is 0.778. The molecule has 4 aromatic carbocycles. The number of nitrogens with zero attached hydrogens (tertiary/aromatic N) is 2. The Bertz CT molecular complexity index is 1700. The van der Waals surface area contributed by atoms with Crippen LogP contribution in [-0.4, -0.2) is 69.2 Å². The summed E-state index contributed by atoms with van der Waals surface area (Å²) in [6.45, 7) is 3.80. The van der Waals surface area contributed by atoms with Crippen molar-refractivity contribution in [1.82, 2.24) is 9.21 Å². The number of fused-ring (bicyclic) bond motifs is 3. The summed E-state index contributed by atoms with van der Waals surface area (Å²) in [4.78, 5) is 15.1. The molecule has 1 fully saturated rings. The number of hydrogen-bond donors (Lipinski definition) is 0. The molecule has 2 heterocycles. The van der Waals surface area contributed by atoms with Crippen LogP contribution in [0.2, 0.25) is 0 Å². The second-order valence-corrected chi connectivity index (χ2v) is 13.7. The molecular formula is C33H34N2O5S2. The van der Waals surface area contributed by atoms with Crippen molar-refractivity contribution in [3.8, 4) is 5.75 Å². The van der Waals surface area contributed by atoms with Gasteiger partial charge in [-0.3, -0.25) is 0 Å². The highest BCUT2D eigenvalue weighted by Gasteiger charge is 2.29. The summed E-state index contributed by atoms with van der Waals surface area (Å²) in [5.41, 5.74) is 3.79. The van der Waals surface area contributed by atoms with Crippen molar-refractivity contribution >= 4 is 38.5 Å². The van der Waals surface area contributed by atoms with E-state index in [4.69, 9.17) is 9.47 Å². The molecule has 2 aliphatic heterocycles. The van der Waals surface area contributed by atoms with Gasteiger partial charge in [-0.25, -0.2) is 13.2 Å². The van der Waals surface area contributed by atoms with Crippen molar-refractivity contribution in [2.45, 2.75) is 23.2 Å². The van der Waals surface area contributed by atoms with Gasteiger partial charge in [-0.1, -0.05) is 60.7 Å². The molecule has 1 saturated heterocycles. The predicted octanol–water partition coefficient (Wildman–Crippen LogP) is 5.74. The summed E-state index contributed by atoms with van der Waals surface area (Å²) in [7, 11) is -2.22. The number of esters is 1. The molecule has 0 N–H and O–H groups in total. The molecule has 0 aromatic heterocycles. The molecule has 1 unspecified atom stereocenters. The van der Waals surface area contributed by atoms with Crippen molar-refractivity contribution < 1.29 is 22.7 Å². The van der Waals surface area contributed by atoms with Crippen LogP contribution in [0.25, 0.3) is 10.8 Å². The minimum atomic E-state index is -3.61. The molecule has 6 rings (SSSR count). The van der Waals surface area contributed by atoms with Gasteiger partial charge in [0.15, 0.2) is 0 Å². The smallest absolute Gasteiger partial charge is 0.337 e. The van der Waals surface area contributed by atoms with Gasteiger partial charge < -0.3 is 14.4 Å². The van der Waals surface area contributed by atoms with Gasteiger partial charge in [-0.2, -0.15) is 4.31 Å². The Labute approximate surface area is 251 Å². The van der Waals surface area contributed by atoms with Gasteiger partial charge in [0.25, 0.3) is 0 Å². The Hall–Kier alpha value is -3.37. The van der Waals surface area contributed by atoms with E-state index < -0.39 is 10.0 Å². The summed E-state index contributed by atoms with van der Waals surface area (Å²) in [5.74, 6) is 1.25. The molecule has 9 heteroatoms. The third kappa shape index (κ3) is 5.79. The first-order valence-electron chi connectivity index (χ1n) is 14.2. The minimum absolute atomic E-state index is 0.00137. The molecule has 7 nitrogen and oxygen atoms in total. The zero-order valence-corrected chi connectivity index (χ0v) is 25.2. The van der Waals surface area contributed by atoms with E-state index in [1.165, 1.54) is 12.7 Å². The summed E-state index contributed by atoms with van der Waals surface area (Å²) < 4.78 is 40.2. The molecule has 218 valence electrons. The number of carbonyl (C=O) groups is 1. The topological polar surface area (TPSA) is 76.2 Å². The molecule has 2 aliphatic rings. The van der Waals surface area contributed by atoms with E-state index in [1.807, 2.05) is 72.4 Å². The second-order valence-electron chi connectivity index (χ2n) is 10.6. The van der Waals surface area contributed by atoms with Gasteiger partial charge in [-0.15, -0.1) is 11.8 Å². The largest absolute Gasteiger partial charge is 0.489 e. The summed E-state index contributed by atoms with van der Waals surface area (Å²) >= 11 is 1.82. The van der Waals surface area contributed by atoms with E-state index in [-0.39, 0.29) is 11.2 Å². The standard InChI is InChI=1S/C33H34N2O5S2/c1-39-33(36)25-14-15-30-29(22-25)32(28-12-5-3-9-26(28)23-40-30)41-21-20-34-16-7-17-35(19-18-34)42(37,38)31-13-6-10-24-8-2-4-11-27(24)31/h2-6,8-15,22,32H,7,16-21,23H2,1H3. The average Bonchev–Trinajstić information content (AvgIpc) is 3.36. The highest BCUT2D eigenvalue weighted by Crippen LogP contribution is 2.44. The molecule has 0 radical (unpaired) electrons. The van der Waals surface area contributed by atoms with Gasteiger partial charge in [0, 0.05) is 42.9 Å². The predicted molar refractivity (Wildman–Crippen MR) is 167 cm³/mol. The van der Waals surface area contributed by atoms with Crippen LogP contribution in [0.4, 0.5) is 0 Å². The maximum Gasteiger partial charge on any atom is 0.337 e. The third-order valence-corrected chi connectivity index (χ3v) is 11.3. The molecule has 0 aliphatic carbocycles. The number of carbonyl (C=O) groups excluding carboxylic acids is 1. The fraction of sp³-hybridized carbons (Fsp3) is 0.303. The lowest BCUT2D eigenvalue weighted by molar-refractivity contribution is 0.0600. The Morgan fingerprint density at radius 2 is 1.74 bits per heavy atom. The van der Waals surface area contributed by atoms with Crippen LogP contribution in [0.15, 0.2) is 89.8 Å². The fourth-order valence-electron chi connectivity index (χ4n) is 5.82. The normalized spacial score (nSPS) is 17.9. The molecule has 0 spiro atoms. The van der Waals surface area contributed by atoms with Gasteiger partial charge in [0.2, 0.25) is 10.0 Å². The Morgan fingerprint density at radius 1 is 0.929 bits per heavy atom. The number of thioether (sulfide) groups is 1. The molecule has 42 heavy (non-hydrogen) atoms. The third-order valence-electron chi connectivity index (χ3n) is 8.04. The van der Waals surface area contributed by atoms with Crippen LogP contribution in [-0.2, 0) is 21.4 Å². The first kappa shape index (κ1) is 28.7. The number of rotatable bonds is 7. The van der Waals surface area contributed by atoms with E-state index in [1.54, 1.807) is 16.4 Å². The average molecular weight is 603 g/mol. The van der Waals surface area contributed by atoms with E-state index in [2.05, 4.69) is 17.0 Å². The molecule has 4 aromatic rings. The van der Waals surface area contributed by atoms with Crippen LogP contribution < -0.4 is 4.74 Å². The Kier molecular flexibility index (Phi) is 8.53. The first-order chi connectivity index (χ1) is 20.5. The van der Waals surface area contributed by atoms with Crippen LogP contribution in [0.5, 0.6) is 5.75 Å². The molecule has 0 saturated carbocycles. The van der Waals surface area contributed by atoms with Crippen molar-refractivity contribution in [2.24, 2.45) is 0 Å². The lowest BCUT2D eigenvalue weighted by Gasteiger charge is -2.24. The fourth-order valence-corrected chi connectivity index (χ4v) is 8.88. The molecule has 0 bridgehead atoms. The number of methoxy groups -OCH3 is 1. The molecular weight excluding hydrogens is 569 g/mol. The van der Waals surface area contributed by atoms with E-state index >= 15 is 0 Å². The lowest BCUT2D eigenvalue weighted by Crippen LogP contribution is -2.35. The maximum absolute atomic E-state index is 13.7. The van der Waals surface area contributed by atoms with Crippen molar-refractivity contribution in [2.75, 3.05) is 45.6 Å². The zero-order valence-electron chi connectivity index (χ0n) is 23.6. The van der Waals surface area contributed by atoms with Gasteiger partial charge >= 0.3 is 5.97 Å². The number of benzene rings is 4. The summed E-state index contributed by atoms with van der Waals surface area (Å²) in [6, 6.07) is 26.9. The van der Waals surface area contributed by atoms with Crippen molar-refractivity contribution in [3.63, 3.8) is 0 Å². The quantitative estimate of drug-likeness (QED) is 0.250. The molecule has 1 atom stereocenters. The first-order valence-corrected chi connectivity index (χ1v) is 16.7. The van der Waals surface area contributed by atoms with Crippen molar-refractivity contribution in [1.29, 1.82) is 0 Å². The van der Waals surface area contributed by atoms with Crippen LogP contribution >= 0.6 is 11.8 Å². The summed E-state index contributed by atoms with van der Waals surface area (Å²) in [5, 5.41) is 1.69. The SMILES string of the molecule is COC(=O)c1ccc2c(c1)C(SCCN1CCCN(S(=O)(=O)c3cccc4ccccc34)CC1)c1ccccc1CO2. The number of hydrogen-bond acceptors (Lipinski definition) is 7. The highest BCUT2D eigenvalue weighted by molar-refractivity contribution is 7.99. The number of sulfonamides is 1. The van der Waals surface area contributed by atoms with Crippen LogP contribution in [0, 0.1) is 0 Å². The zero-order chi connectivity index (χ0) is 29.1. The van der Waals surface area contributed by atoms with E-state index in [9.17, 15) is 13.2 Å². The van der Waals surface area contributed by atoms with E-state index in [0.717, 1.165) is 52.9 Å². The number of ether oxygens (including phenoxy) is 2. The molecule has 0 amide bonds. The lowest BCUT2D eigenvalue weighted by atomic mass is 9.98. The Balaban J connectivity index is 1.16. The maximum atomic E-state index is 13.7. The van der Waals surface area contributed by atoms with Crippen LogP contribution in [0.1, 0.15) is 38.7 Å². The monoisotopic (exact) mass is 602 g/mol. The van der Waals surface area contributed by atoms with Gasteiger partial charge in [-0.05, 0) is 53.7 Å². The van der Waals surface area contributed by atoms with Crippen molar-refractivity contribution in [3.05, 3.63) is 107 Å². The highest BCUT2D eigenvalue weighted by atomic mass is 32.2. The van der Waals surface area contributed by atoms with Gasteiger partial charge in [0.1, 0.15) is 12.4 Å². The minimum Gasteiger partial charge on any atom is -0.489 e.